The Hall–Kier alpha value is 0.340. The lowest BCUT2D eigenvalue weighted by molar-refractivity contribution is 0.154. The van der Waals surface area contributed by atoms with Crippen LogP contribution in [0.15, 0.2) is 17.9 Å². The normalized spacial score (nSPS) is 11.1. The van der Waals surface area contributed by atoms with Gasteiger partial charge in [-0.3, -0.25) is 0 Å². The molecule has 0 spiro atoms. The highest BCUT2D eigenvalue weighted by Crippen LogP contribution is 2.42. The van der Waals surface area contributed by atoms with Crippen LogP contribution in [-0.2, 0) is 0 Å². The van der Waals surface area contributed by atoms with Gasteiger partial charge in [-0.05, 0) is 68.9 Å². The van der Waals surface area contributed by atoms with Gasteiger partial charge in [-0.2, -0.15) is 0 Å². The summed E-state index contributed by atoms with van der Waals surface area (Å²) in [6.45, 7) is 0. The number of benzene rings is 1. The predicted molar refractivity (Wildman–Crippen MR) is 65.5 cm³/mol. The molecule has 0 aliphatic rings. The lowest BCUT2D eigenvalue weighted by atomic mass is 10.3. The second kappa shape index (κ2) is 3.73. The third-order valence-corrected chi connectivity index (χ3v) is 6.37. The van der Waals surface area contributed by atoms with Gasteiger partial charge in [0.2, 0.25) is 0 Å². The first-order chi connectivity index (χ1) is 6.54. The summed E-state index contributed by atoms with van der Waals surface area (Å²) in [7, 11) is 0. The fraction of sp³-hybridized carbons (Fsp3) is 0. The first-order valence-corrected chi connectivity index (χ1v) is 6.48. The summed E-state index contributed by atoms with van der Waals surface area (Å²) in [4.78, 5) is 0.724. The number of halogens is 4. The van der Waals surface area contributed by atoms with Gasteiger partial charge in [0.1, 0.15) is 11.0 Å². The Morgan fingerprint density at radius 3 is 2.14 bits per heavy atom. The molecule has 0 aliphatic heterocycles. The zero-order valence-electron chi connectivity index (χ0n) is 6.30. The van der Waals surface area contributed by atoms with Crippen molar-refractivity contribution in [1.82, 2.24) is 15.2 Å². The van der Waals surface area contributed by atoms with Crippen LogP contribution in [0.4, 0.5) is 0 Å². The Balaban J connectivity index is 3.05. The minimum Gasteiger partial charge on any atom is -0.410 e. The van der Waals surface area contributed by atoms with E-state index in [0.717, 1.165) is 18.3 Å². The zero-order valence-corrected chi connectivity index (χ0v) is 12.6. The maximum atomic E-state index is 9.39. The van der Waals surface area contributed by atoms with E-state index < -0.39 is 0 Å². The van der Waals surface area contributed by atoms with Crippen molar-refractivity contribution in [1.29, 1.82) is 0 Å². The highest BCUT2D eigenvalue weighted by atomic mass is 79.9. The fourth-order valence-electron chi connectivity index (χ4n) is 1.01. The van der Waals surface area contributed by atoms with Crippen LogP contribution >= 0.6 is 63.7 Å². The van der Waals surface area contributed by atoms with E-state index in [9.17, 15) is 5.21 Å². The summed E-state index contributed by atoms with van der Waals surface area (Å²) >= 11 is 13.4. The second-order valence-electron chi connectivity index (χ2n) is 2.43. The Kier molecular flexibility index (Phi) is 2.89. The van der Waals surface area contributed by atoms with Crippen molar-refractivity contribution < 1.29 is 5.21 Å². The van der Waals surface area contributed by atoms with Crippen LogP contribution in [0.5, 0.6) is 0 Å². The van der Waals surface area contributed by atoms with Gasteiger partial charge in [-0.15, -0.1) is 5.10 Å². The maximum absolute atomic E-state index is 9.39. The summed E-state index contributed by atoms with van der Waals surface area (Å²) in [6.07, 6.45) is 0. The van der Waals surface area contributed by atoms with Gasteiger partial charge in [-0.25, -0.2) is 0 Å². The Labute approximate surface area is 112 Å². The molecule has 1 heterocycles. The molecule has 0 atom stereocenters. The van der Waals surface area contributed by atoms with Gasteiger partial charge < -0.3 is 5.21 Å². The van der Waals surface area contributed by atoms with Gasteiger partial charge >= 0.3 is 0 Å². The lowest BCUT2D eigenvalue weighted by Crippen LogP contribution is -1.93. The number of hydrogen-bond acceptors (Lipinski definition) is 3. The quantitative estimate of drug-likeness (QED) is 0.378. The van der Waals surface area contributed by atoms with Crippen LogP contribution < -0.4 is 0 Å². The minimum absolute atomic E-state index is 0.506. The number of aromatic nitrogens is 3. The molecule has 0 bridgehead atoms. The highest BCUT2D eigenvalue weighted by molar-refractivity contribution is 9.15. The fourth-order valence-corrected chi connectivity index (χ4v) is 3.33. The first-order valence-electron chi connectivity index (χ1n) is 3.30. The van der Waals surface area contributed by atoms with Crippen LogP contribution in [0, 0.1) is 0 Å². The molecule has 1 aromatic carbocycles. The van der Waals surface area contributed by atoms with E-state index in [2.05, 4.69) is 74.0 Å². The Morgan fingerprint density at radius 2 is 1.50 bits per heavy atom. The van der Waals surface area contributed by atoms with E-state index in [0.29, 0.717) is 15.5 Å². The molecule has 0 amide bonds. The molecule has 0 saturated heterocycles. The molecule has 0 aliphatic carbocycles. The van der Waals surface area contributed by atoms with E-state index in [1.54, 1.807) is 0 Å². The van der Waals surface area contributed by atoms with Gasteiger partial charge in [0.25, 0.3) is 0 Å². The van der Waals surface area contributed by atoms with Crippen LogP contribution in [0.2, 0.25) is 0 Å². The molecule has 2 aromatic rings. The van der Waals surface area contributed by atoms with E-state index in [4.69, 9.17) is 0 Å². The third kappa shape index (κ3) is 1.43. The van der Waals surface area contributed by atoms with Gasteiger partial charge in [0, 0.05) is 8.95 Å². The molecule has 4 nitrogen and oxygen atoms in total. The van der Waals surface area contributed by atoms with Crippen LogP contribution in [0.3, 0.4) is 0 Å². The number of nitrogens with zero attached hydrogens (tertiary/aromatic N) is 3. The second-order valence-corrected chi connectivity index (χ2v) is 5.60. The van der Waals surface area contributed by atoms with Crippen molar-refractivity contribution in [3.05, 3.63) is 17.9 Å². The lowest BCUT2D eigenvalue weighted by Gasteiger charge is -2.03. The smallest absolute Gasteiger partial charge is 0.147 e. The number of hydrogen-bond donors (Lipinski definition) is 1. The summed E-state index contributed by atoms with van der Waals surface area (Å²) in [5.74, 6) is 0. The first kappa shape index (κ1) is 10.8. The van der Waals surface area contributed by atoms with Crippen molar-refractivity contribution in [3.63, 3.8) is 0 Å². The average Bonchev–Trinajstić information content (AvgIpc) is 2.54. The van der Waals surface area contributed by atoms with Crippen molar-refractivity contribution in [2.75, 3.05) is 0 Å². The average molecular weight is 451 g/mol. The van der Waals surface area contributed by atoms with Crippen LogP contribution in [-0.4, -0.2) is 20.4 Å². The predicted octanol–water partition coefficient (Wildman–Crippen LogP) is 3.72. The van der Waals surface area contributed by atoms with Crippen molar-refractivity contribution in [3.8, 4) is 0 Å². The van der Waals surface area contributed by atoms with Crippen molar-refractivity contribution in [2.24, 2.45) is 0 Å². The molecule has 1 aromatic heterocycles. The summed E-state index contributed by atoms with van der Waals surface area (Å²) < 4.78 is 3.03. The van der Waals surface area contributed by atoms with E-state index >= 15 is 0 Å². The van der Waals surface area contributed by atoms with Gasteiger partial charge in [0.15, 0.2) is 0 Å². The van der Waals surface area contributed by atoms with Crippen molar-refractivity contribution in [2.45, 2.75) is 0 Å². The molecule has 2 rings (SSSR count). The van der Waals surface area contributed by atoms with E-state index in [-0.39, 0.29) is 0 Å². The van der Waals surface area contributed by atoms with Crippen LogP contribution in [0.25, 0.3) is 11.0 Å². The molecule has 74 valence electrons. The molecule has 1 N–H and O–H groups in total. The number of rotatable bonds is 0. The molecule has 0 fully saturated rings. The summed E-state index contributed by atoms with van der Waals surface area (Å²) in [6, 6.07) is 0. The number of fused-ring (bicyclic) bond motifs is 1. The topological polar surface area (TPSA) is 50.9 Å². The van der Waals surface area contributed by atoms with Gasteiger partial charge in [0.05, 0.1) is 8.95 Å². The van der Waals surface area contributed by atoms with E-state index in [1.165, 1.54) is 0 Å². The SMILES string of the molecule is On1nnc2c(Br)c(Br)c(Br)c(Br)c21. The molecule has 0 radical (unpaired) electrons. The summed E-state index contributed by atoms with van der Waals surface area (Å²) in [5, 5.41) is 16.7. The maximum Gasteiger partial charge on any atom is 0.147 e. The Morgan fingerprint density at radius 1 is 0.929 bits per heavy atom. The highest BCUT2D eigenvalue weighted by Gasteiger charge is 2.18. The molecule has 8 heteroatoms. The Bertz CT molecular complexity index is 524. The van der Waals surface area contributed by atoms with Crippen LogP contribution in [0.1, 0.15) is 0 Å². The molecular weight excluding hydrogens is 450 g/mol. The largest absolute Gasteiger partial charge is 0.410 e. The van der Waals surface area contributed by atoms with Crippen molar-refractivity contribution >= 4 is 74.8 Å². The summed E-state index contributed by atoms with van der Waals surface area (Å²) in [5.41, 5.74) is 1.08. The minimum atomic E-state index is 0.506. The van der Waals surface area contributed by atoms with E-state index in [1.807, 2.05) is 0 Å². The standard InChI is InChI=1S/C6HBr4N3O/c7-1-2(8)4(10)6-5(3(1)9)11-12-13(6)14/h14H. The monoisotopic (exact) mass is 447 g/mol. The van der Waals surface area contributed by atoms with Gasteiger partial charge in [-0.1, -0.05) is 4.85 Å². The molecular formula is C6HBr4N3O. The molecule has 14 heavy (non-hydrogen) atoms. The third-order valence-electron chi connectivity index (χ3n) is 1.65. The molecule has 0 saturated carbocycles. The molecule has 0 unspecified atom stereocenters. The zero-order chi connectivity index (χ0) is 10.5.